The van der Waals surface area contributed by atoms with Crippen molar-refractivity contribution in [3.05, 3.63) is 24.0 Å². The van der Waals surface area contributed by atoms with Crippen molar-refractivity contribution in [3.8, 4) is 0 Å². The molecule has 5 nitrogen and oxygen atoms in total. The van der Waals surface area contributed by atoms with Crippen LogP contribution in [0.4, 0.5) is 15.8 Å². The molecule has 2 rings (SSSR count). The summed E-state index contributed by atoms with van der Waals surface area (Å²) in [4.78, 5) is 13.9. The monoisotopic (exact) mass is 267 g/mol. The number of ether oxygens (including phenoxy) is 1. The van der Waals surface area contributed by atoms with Crippen LogP contribution in [0, 0.1) is 5.82 Å². The van der Waals surface area contributed by atoms with Crippen LogP contribution in [0.2, 0.25) is 0 Å². The number of halogens is 1. The summed E-state index contributed by atoms with van der Waals surface area (Å²) in [5, 5.41) is 2.68. The van der Waals surface area contributed by atoms with Crippen molar-refractivity contribution in [2.75, 3.05) is 37.8 Å². The first kappa shape index (κ1) is 13.8. The molecule has 0 saturated carbocycles. The molecule has 0 bridgehead atoms. The molecule has 1 atom stereocenters. The Kier molecular flexibility index (Phi) is 4.34. The molecule has 1 fully saturated rings. The van der Waals surface area contributed by atoms with E-state index in [0.29, 0.717) is 5.69 Å². The number of methoxy groups -OCH3 is 1. The summed E-state index contributed by atoms with van der Waals surface area (Å²) in [5.41, 5.74) is 6.30. The minimum Gasteiger partial charge on any atom is -0.397 e. The Balaban J connectivity index is 1.87. The van der Waals surface area contributed by atoms with Crippen LogP contribution < -0.4 is 11.1 Å². The lowest BCUT2D eigenvalue weighted by atomic mass is 10.2. The Bertz CT molecular complexity index is 467. The number of nitrogens with two attached hydrogens (primary N) is 1. The number of rotatable bonds is 4. The lowest BCUT2D eigenvalue weighted by molar-refractivity contribution is -0.117. The van der Waals surface area contributed by atoms with Gasteiger partial charge < -0.3 is 15.8 Å². The van der Waals surface area contributed by atoms with Gasteiger partial charge in [0.25, 0.3) is 0 Å². The molecule has 0 radical (unpaired) electrons. The zero-order chi connectivity index (χ0) is 13.8. The standard InChI is InChI=1S/C13H18FN3O2/c1-19-10-4-5-17(7-10)8-13(18)16-12-3-2-9(14)6-11(12)15/h2-3,6,10H,4-5,7-8,15H2,1H3,(H,16,18). The van der Waals surface area contributed by atoms with Gasteiger partial charge in [0.1, 0.15) is 5.82 Å². The maximum atomic E-state index is 12.9. The summed E-state index contributed by atoms with van der Waals surface area (Å²) < 4.78 is 18.1. The minimum atomic E-state index is -0.419. The smallest absolute Gasteiger partial charge is 0.238 e. The topological polar surface area (TPSA) is 67.6 Å². The first-order chi connectivity index (χ1) is 9.08. The molecule has 1 aromatic carbocycles. The molecule has 0 aliphatic carbocycles. The van der Waals surface area contributed by atoms with Crippen molar-refractivity contribution < 1.29 is 13.9 Å². The Morgan fingerprint density at radius 3 is 3.05 bits per heavy atom. The Morgan fingerprint density at radius 1 is 1.63 bits per heavy atom. The first-order valence-corrected chi connectivity index (χ1v) is 6.18. The quantitative estimate of drug-likeness (QED) is 0.801. The van der Waals surface area contributed by atoms with E-state index in [4.69, 9.17) is 10.5 Å². The molecule has 0 aromatic heterocycles. The fourth-order valence-electron chi connectivity index (χ4n) is 2.17. The first-order valence-electron chi connectivity index (χ1n) is 6.18. The zero-order valence-electron chi connectivity index (χ0n) is 10.9. The summed E-state index contributed by atoms with van der Waals surface area (Å²) in [6, 6.07) is 3.92. The second-order valence-electron chi connectivity index (χ2n) is 4.66. The van der Waals surface area contributed by atoms with Crippen LogP contribution in [0.1, 0.15) is 6.42 Å². The van der Waals surface area contributed by atoms with Crippen molar-refractivity contribution in [2.24, 2.45) is 0 Å². The maximum Gasteiger partial charge on any atom is 0.238 e. The number of nitrogens with one attached hydrogen (secondary N) is 1. The highest BCUT2D eigenvalue weighted by Gasteiger charge is 2.23. The maximum absolute atomic E-state index is 12.9. The zero-order valence-corrected chi connectivity index (χ0v) is 10.9. The van der Waals surface area contributed by atoms with E-state index in [9.17, 15) is 9.18 Å². The van der Waals surface area contributed by atoms with E-state index < -0.39 is 5.82 Å². The van der Waals surface area contributed by atoms with Crippen LogP contribution in [0.25, 0.3) is 0 Å². The van der Waals surface area contributed by atoms with Crippen molar-refractivity contribution in [3.63, 3.8) is 0 Å². The number of hydrogen-bond acceptors (Lipinski definition) is 4. The molecule has 1 aliphatic heterocycles. The second-order valence-corrected chi connectivity index (χ2v) is 4.66. The molecule has 104 valence electrons. The van der Waals surface area contributed by atoms with Crippen LogP contribution in [0.15, 0.2) is 18.2 Å². The highest BCUT2D eigenvalue weighted by molar-refractivity contribution is 5.95. The average molecular weight is 267 g/mol. The summed E-state index contributed by atoms with van der Waals surface area (Å²) in [6.07, 6.45) is 1.13. The minimum absolute atomic E-state index is 0.157. The van der Waals surface area contributed by atoms with E-state index in [1.165, 1.54) is 18.2 Å². The Labute approximate surface area is 111 Å². The lowest BCUT2D eigenvalue weighted by Crippen LogP contribution is -2.32. The average Bonchev–Trinajstić information content (AvgIpc) is 2.80. The van der Waals surface area contributed by atoms with Crippen molar-refractivity contribution >= 4 is 17.3 Å². The van der Waals surface area contributed by atoms with E-state index in [2.05, 4.69) is 5.32 Å². The molecule has 1 unspecified atom stereocenters. The summed E-state index contributed by atoms with van der Waals surface area (Å²) >= 11 is 0. The van der Waals surface area contributed by atoms with Gasteiger partial charge in [-0.15, -0.1) is 0 Å². The number of amides is 1. The van der Waals surface area contributed by atoms with Gasteiger partial charge in [-0.25, -0.2) is 4.39 Å². The van der Waals surface area contributed by atoms with Crippen molar-refractivity contribution in [1.29, 1.82) is 0 Å². The van der Waals surface area contributed by atoms with Gasteiger partial charge in [0.05, 0.1) is 24.0 Å². The van der Waals surface area contributed by atoms with E-state index in [-0.39, 0.29) is 24.2 Å². The molecular formula is C13H18FN3O2. The SMILES string of the molecule is COC1CCN(CC(=O)Nc2ccc(F)cc2N)C1. The highest BCUT2D eigenvalue weighted by Crippen LogP contribution is 2.19. The van der Waals surface area contributed by atoms with Gasteiger partial charge in [-0.05, 0) is 24.6 Å². The fourth-order valence-corrected chi connectivity index (χ4v) is 2.17. The molecule has 0 spiro atoms. The predicted molar refractivity (Wildman–Crippen MR) is 71.3 cm³/mol. The van der Waals surface area contributed by atoms with Gasteiger partial charge in [-0.2, -0.15) is 0 Å². The van der Waals surface area contributed by atoms with Gasteiger partial charge in [-0.3, -0.25) is 9.69 Å². The summed E-state index contributed by atoms with van der Waals surface area (Å²) in [7, 11) is 1.67. The Morgan fingerprint density at radius 2 is 2.42 bits per heavy atom. The van der Waals surface area contributed by atoms with Crippen molar-refractivity contribution in [2.45, 2.75) is 12.5 Å². The number of carbonyl (C=O) groups is 1. The largest absolute Gasteiger partial charge is 0.397 e. The number of likely N-dealkylation sites (tertiary alicyclic amines) is 1. The number of carbonyl (C=O) groups excluding carboxylic acids is 1. The molecule has 1 aliphatic rings. The molecule has 3 N–H and O–H groups in total. The number of hydrogen-bond donors (Lipinski definition) is 2. The lowest BCUT2D eigenvalue weighted by Gasteiger charge is -2.15. The number of nitrogens with zero attached hydrogens (tertiary/aromatic N) is 1. The van der Waals surface area contributed by atoms with Gasteiger partial charge in [-0.1, -0.05) is 0 Å². The third-order valence-corrected chi connectivity index (χ3v) is 3.22. The fraction of sp³-hybridized carbons (Fsp3) is 0.462. The molecule has 1 aromatic rings. The highest BCUT2D eigenvalue weighted by atomic mass is 19.1. The van der Waals surface area contributed by atoms with E-state index in [1.54, 1.807) is 7.11 Å². The normalized spacial score (nSPS) is 19.6. The van der Waals surface area contributed by atoms with Crippen LogP contribution >= 0.6 is 0 Å². The molecule has 1 amide bonds. The number of nitrogen functional groups attached to an aromatic ring is 1. The van der Waals surface area contributed by atoms with E-state index in [1.807, 2.05) is 4.90 Å². The molecule has 6 heteroatoms. The number of anilines is 2. The van der Waals surface area contributed by atoms with E-state index >= 15 is 0 Å². The van der Waals surface area contributed by atoms with Gasteiger partial charge >= 0.3 is 0 Å². The predicted octanol–water partition coefficient (Wildman–Crippen LogP) is 1.07. The van der Waals surface area contributed by atoms with Crippen molar-refractivity contribution in [1.82, 2.24) is 4.90 Å². The summed E-state index contributed by atoms with van der Waals surface area (Å²) in [5.74, 6) is -0.576. The van der Waals surface area contributed by atoms with Crippen LogP contribution in [0.3, 0.4) is 0 Å². The van der Waals surface area contributed by atoms with Gasteiger partial charge in [0.2, 0.25) is 5.91 Å². The van der Waals surface area contributed by atoms with Crippen LogP contribution in [0.5, 0.6) is 0 Å². The molecule has 1 saturated heterocycles. The van der Waals surface area contributed by atoms with Crippen LogP contribution in [-0.2, 0) is 9.53 Å². The summed E-state index contributed by atoms with van der Waals surface area (Å²) in [6.45, 7) is 1.88. The molecule has 19 heavy (non-hydrogen) atoms. The Hall–Kier alpha value is -1.66. The van der Waals surface area contributed by atoms with Gasteiger partial charge in [0.15, 0.2) is 0 Å². The second kappa shape index (κ2) is 5.99. The third kappa shape index (κ3) is 3.65. The number of benzene rings is 1. The van der Waals surface area contributed by atoms with E-state index in [0.717, 1.165) is 19.5 Å². The third-order valence-electron chi connectivity index (χ3n) is 3.22. The van der Waals surface area contributed by atoms with Crippen LogP contribution in [-0.4, -0.2) is 43.7 Å². The molecular weight excluding hydrogens is 249 g/mol. The van der Waals surface area contributed by atoms with Gasteiger partial charge in [0, 0.05) is 20.2 Å². The molecule has 1 heterocycles.